The summed E-state index contributed by atoms with van der Waals surface area (Å²) in [5.41, 5.74) is 8.34. The van der Waals surface area contributed by atoms with E-state index in [2.05, 4.69) is 46.0 Å². The summed E-state index contributed by atoms with van der Waals surface area (Å²) in [5.74, 6) is 5.37. The van der Waals surface area contributed by atoms with Gasteiger partial charge in [0.05, 0.1) is 6.04 Å². The van der Waals surface area contributed by atoms with Gasteiger partial charge in [-0.15, -0.1) is 0 Å². The lowest BCUT2D eigenvalue weighted by Gasteiger charge is -2.58. The van der Waals surface area contributed by atoms with Crippen molar-refractivity contribution in [3.05, 3.63) is 11.6 Å². The smallest absolute Gasteiger partial charge is 0.136 e. The molecule has 3 heteroatoms. The van der Waals surface area contributed by atoms with Gasteiger partial charge in [0, 0.05) is 6.04 Å². The van der Waals surface area contributed by atoms with E-state index < -0.39 is 0 Å². The number of hydrogen-bond donors (Lipinski definition) is 2. The van der Waals surface area contributed by atoms with Crippen LogP contribution >= 0.6 is 0 Å². The van der Waals surface area contributed by atoms with Crippen LogP contribution in [-0.4, -0.2) is 24.9 Å². The predicted octanol–water partition coefficient (Wildman–Crippen LogP) is 7.68. The highest BCUT2D eigenvalue weighted by molar-refractivity contribution is 5.57. The molecule has 0 aromatic rings. The molecule has 4 rings (SSSR count). The molecule has 0 radical (unpaired) electrons. The largest absolute Gasteiger partial charge is 0.330 e. The Kier molecular flexibility index (Phi) is 9.46. The van der Waals surface area contributed by atoms with Crippen LogP contribution in [0.2, 0.25) is 0 Å². The maximum atomic E-state index is 11.7. The number of carbonyl (C=O) groups excluding carboxylic acids is 1. The van der Waals surface area contributed by atoms with E-state index in [0.29, 0.717) is 16.9 Å². The first-order valence-corrected chi connectivity index (χ1v) is 15.8. The number of allylic oxidation sites excluding steroid dienone is 1. The van der Waals surface area contributed by atoms with Crippen LogP contribution in [0.15, 0.2) is 11.6 Å². The second-order valence-corrected chi connectivity index (χ2v) is 14.4. The van der Waals surface area contributed by atoms with Gasteiger partial charge in [0.25, 0.3) is 0 Å². The summed E-state index contributed by atoms with van der Waals surface area (Å²) in [6.45, 7) is 13.4. The first kappa shape index (κ1) is 28.3. The number of nitrogens with two attached hydrogens (primary N) is 1. The molecule has 0 bridgehead atoms. The Hall–Kier alpha value is -0.670. The summed E-state index contributed by atoms with van der Waals surface area (Å²) in [7, 11) is 0. The van der Waals surface area contributed by atoms with Crippen molar-refractivity contribution in [2.75, 3.05) is 6.54 Å². The molecule has 3 fully saturated rings. The van der Waals surface area contributed by atoms with Crippen LogP contribution in [-0.2, 0) is 4.79 Å². The Morgan fingerprint density at radius 3 is 2.53 bits per heavy atom. The van der Waals surface area contributed by atoms with Gasteiger partial charge in [-0.05, 0) is 117 Å². The van der Waals surface area contributed by atoms with Crippen LogP contribution in [0.1, 0.15) is 125 Å². The number of aldehydes is 1. The zero-order chi connectivity index (χ0) is 25.9. The number of carbonyl (C=O) groups is 1. The topological polar surface area (TPSA) is 55.1 Å². The molecular formula is C33H58N2O. The van der Waals surface area contributed by atoms with E-state index in [0.717, 1.165) is 74.0 Å². The lowest BCUT2D eigenvalue weighted by Crippen LogP contribution is -2.52. The van der Waals surface area contributed by atoms with E-state index in [1.54, 1.807) is 5.57 Å². The fourth-order valence-electron chi connectivity index (χ4n) is 9.83. The van der Waals surface area contributed by atoms with Crippen molar-refractivity contribution in [1.29, 1.82) is 0 Å². The van der Waals surface area contributed by atoms with Crippen LogP contribution in [0.25, 0.3) is 0 Å². The molecule has 3 N–H and O–H groups in total. The summed E-state index contributed by atoms with van der Waals surface area (Å²) in [6, 6.07) is 0.460. The summed E-state index contributed by atoms with van der Waals surface area (Å²) >= 11 is 0. The molecule has 0 aromatic carbocycles. The van der Waals surface area contributed by atoms with Crippen LogP contribution in [0.3, 0.4) is 0 Å². The third-order valence-electron chi connectivity index (χ3n) is 11.9. The lowest BCUT2D eigenvalue weighted by atomic mass is 9.47. The minimum atomic E-state index is -0.00353. The number of nitrogens with one attached hydrogen (secondary N) is 1. The predicted molar refractivity (Wildman–Crippen MR) is 153 cm³/mol. The second kappa shape index (κ2) is 12.0. The van der Waals surface area contributed by atoms with Crippen molar-refractivity contribution < 1.29 is 4.79 Å². The van der Waals surface area contributed by atoms with Crippen molar-refractivity contribution in [1.82, 2.24) is 5.32 Å². The van der Waals surface area contributed by atoms with Crippen LogP contribution in [0.4, 0.5) is 0 Å². The van der Waals surface area contributed by atoms with Crippen LogP contribution < -0.4 is 11.1 Å². The van der Waals surface area contributed by atoms with Crippen molar-refractivity contribution in [2.24, 2.45) is 52.1 Å². The maximum absolute atomic E-state index is 11.7. The zero-order valence-electron chi connectivity index (χ0n) is 24.4. The van der Waals surface area contributed by atoms with Crippen molar-refractivity contribution in [3.63, 3.8) is 0 Å². The monoisotopic (exact) mass is 498 g/mol. The Balaban J connectivity index is 1.40. The standard InChI is InChI=1S/C33H58N2O/c1-23(2)9-8-10-24(3)29-14-15-30-28-13-12-25-21-26(35-27(22-36)11-6-7-20-34)16-18-32(25,4)31(28)17-19-33(29,30)5/h12,22-24,26-31,35H,6-11,13-21,34H2,1-5H3/t24-,26?,27+,28?,29-,30?,31?,32+,33-/m1/s1. The van der Waals surface area contributed by atoms with E-state index >= 15 is 0 Å². The Labute approximate surface area is 223 Å². The second-order valence-electron chi connectivity index (χ2n) is 14.4. The van der Waals surface area contributed by atoms with Gasteiger partial charge in [0.15, 0.2) is 0 Å². The molecule has 9 atom stereocenters. The van der Waals surface area contributed by atoms with Crippen LogP contribution in [0, 0.1) is 46.3 Å². The first-order chi connectivity index (χ1) is 17.2. The minimum absolute atomic E-state index is 0.00353. The van der Waals surface area contributed by atoms with Crippen molar-refractivity contribution in [3.8, 4) is 0 Å². The highest BCUT2D eigenvalue weighted by Gasteiger charge is 2.59. The number of rotatable bonds is 12. The lowest BCUT2D eigenvalue weighted by molar-refractivity contribution is -0.110. The molecular weight excluding hydrogens is 440 g/mol. The maximum Gasteiger partial charge on any atom is 0.136 e. The van der Waals surface area contributed by atoms with Gasteiger partial charge >= 0.3 is 0 Å². The van der Waals surface area contributed by atoms with E-state index in [1.807, 2.05) is 0 Å². The van der Waals surface area contributed by atoms with E-state index in [9.17, 15) is 4.79 Å². The molecule has 3 saturated carbocycles. The molecule has 0 aromatic heterocycles. The summed E-state index contributed by atoms with van der Waals surface area (Å²) in [4.78, 5) is 11.7. The quantitative estimate of drug-likeness (QED) is 0.165. The van der Waals surface area contributed by atoms with Crippen molar-refractivity contribution >= 4 is 6.29 Å². The van der Waals surface area contributed by atoms with Gasteiger partial charge in [0.1, 0.15) is 6.29 Å². The minimum Gasteiger partial charge on any atom is -0.330 e. The summed E-state index contributed by atoms with van der Waals surface area (Å²) in [5, 5.41) is 3.72. The van der Waals surface area contributed by atoms with Gasteiger partial charge < -0.3 is 15.8 Å². The molecule has 36 heavy (non-hydrogen) atoms. The Morgan fingerprint density at radius 1 is 1.00 bits per heavy atom. The van der Waals surface area contributed by atoms with E-state index in [4.69, 9.17) is 5.73 Å². The summed E-state index contributed by atoms with van der Waals surface area (Å²) < 4.78 is 0. The molecule has 4 aliphatic carbocycles. The molecule has 0 aliphatic heterocycles. The van der Waals surface area contributed by atoms with Gasteiger partial charge in [-0.3, -0.25) is 0 Å². The van der Waals surface area contributed by atoms with Crippen molar-refractivity contribution in [2.45, 2.75) is 137 Å². The highest BCUT2D eigenvalue weighted by atomic mass is 16.1. The zero-order valence-corrected chi connectivity index (χ0v) is 24.4. The molecule has 206 valence electrons. The number of fused-ring (bicyclic) bond motifs is 5. The number of unbranched alkanes of at least 4 members (excludes halogenated alkanes) is 1. The summed E-state index contributed by atoms with van der Waals surface area (Å²) in [6.07, 6.45) is 21.9. The molecule has 3 nitrogen and oxygen atoms in total. The number of hydrogen-bond acceptors (Lipinski definition) is 3. The fraction of sp³-hybridized carbons (Fsp3) is 0.909. The van der Waals surface area contributed by atoms with Gasteiger partial charge in [-0.25, -0.2) is 0 Å². The first-order valence-electron chi connectivity index (χ1n) is 15.8. The normalized spacial score (nSPS) is 39.6. The molecule has 4 aliphatic rings. The highest BCUT2D eigenvalue weighted by Crippen LogP contribution is 2.67. The third kappa shape index (κ3) is 5.68. The van der Waals surface area contributed by atoms with Crippen LogP contribution in [0.5, 0.6) is 0 Å². The molecule has 0 heterocycles. The third-order valence-corrected chi connectivity index (χ3v) is 11.9. The Bertz CT molecular complexity index is 761. The molecule has 0 spiro atoms. The fourth-order valence-corrected chi connectivity index (χ4v) is 9.83. The van der Waals surface area contributed by atoms with Gasteiger partial charge in [-0.2, -0.15) is 0 Å². The van der Waals surface area contributed by atoms with Gasteiger partial charge in [0.2, 0.25) is 0 Å². The Morgan fingerprint density at radius 2 is 1.81 bits per heavy atom. The average Bonchev–Trinajstić information content (AvgIpc) is 3.20. The van der Waals surface area contributed by atoms with Gasteiger partial charge in [-0.1, -0.05) is 72.0 Å². The average molecular weight is 499 g/mol. The SMILES string of the molecule is CC(C)CCC[C@@H](C)[C@H]1CCC2C3CC=C4CC(N[C@H](C=O)CCCCN)CC[C@]4(C)C3CC[C@@]21C. The van der Waals surface area contributed by atoms with E-state index in [-0.39, 0.29) is 6.04 Å². The van der Waals surface area contributed by atoms with E-state index in [1.165, 1.54) is 64.2 Å². The molecule has 0 saturated heterocycles. The molecule has 0 amide bonds. The molecule has 4 unspecified atom stereocenters.